The molecule has 0 amide bonds. The summed E-state index contributed by atoms with van der Waals surface area (Å²) in [6.45, 7) is 3.18. The number of rotatable bonds is 5. The molecule has 1 nitrogen and oxygen atoms in total. The van der Waals surface area contributed by atoms with E-state index in [1.54, 1.807) is 0 Å². The number of carbonyl (C=O) groups excluding carboxylic acids is 1. The molecule has 0 aliphatic heterocycles. The molecule has 0 saturated heterocycles. The molecule has 0 aromatic carbocycles. The summed E-state index contributed by atoms with van der Waals surface area (Å²) in [5, 5.41) is 0. The zero-order chi connectivity index (χ0) is 10.6. The average Bonchev–Trinajstić information content (AvgIpc) is 2.05. The van der Waals surface area contributed by atoms with Crippen molar-refractivity contribution in [2.24, 2.45) is 0 Å². The molecule has 0 spiro atoms. The molecule has 3 heteroatoms. The standard InChI is InChI=1S/C8H18BOP/c1-4-5-6-7-11(3,9)8(2)10/h11H,4-7H2,1-3H3/i3T,11T. The molecule has 0 fully saturated rings. The van der Waals surface area contributed by atoms with Gasteiger partial charge in [-0.3, -0.25) is 0 Å². The minimum atomic E-state index is -3.53. The molecule has 0 atom stereocenters. The van der Waals surface area contributed by atoms with Crippen molar-refractivity contribution in [1.82, 2.24) is 0 Å². The van der Waals surface area contributed by atoms with Crippen LogP contribution in [0.3, 0.4) is 0 Å². The van der Waals surface area contributed by atoms with Gasteiger partial charge in [0.05, 0.1) is 0 Å². The zero-order valence-electron chi connectivity index (χ0n) is 9.47. The number of hydrogen-bond donors (Lipinski definition) is 0. The van der Waals surface area contributed by atoms with Crippen LogP contribution in [-0.4, -0.2) is 27.2 Å². The Hall–Kier alpha value is 0.165. The SMILES string of the molecule is [3H]CP([3H])([B])(CCCCC)C(C)=O. The van der Waals surface area contributed by atoms with Crippen molar-refractivity contribution in [3.8, 4) is 0 Å². The van der Waals surface area contributed by atoms with E-state index >= 15 is 0 Å². The topological polar surface area (TPSA) is 17.1 Å². The molecule has 0 N–H and O–H groups in total. The predicted molar refractivity (Wildman–Crippen MR) is 55.1 cm³/mol. The van der Waals surface area contributed by atoms with Gasteiger partial charge in [-0.2, -0.15) is 0 Å². The fourth-order valence-corrected chi connectivity index (χ4v) is 1.90. The van der Waals surface area contributed by atoms with Crippen LogP contribution in [0.15, 0.2) is 0 Å². The van der Waals surface area contributed by atoms with Gasteiger partial charge in [0.25, 0.3) is 0 Å². The van der Waals surface area contributed by atoms with Crippen molar-refractivity contribution >= 4 is 20.2 Å². The number of unbranched alkanes of at least 4 members (excludes halogenated alkanes) is 2. The Balaban J connectivity index is 4.35. The molecule has 11 heavy (non-hydrogen) atoms. The molecule has 0 saturated carbocycles. The number of hydrogen-bond acceptors (Lipinski definition) is 1. The van der Waals surface area contributed by atoms with E-state index in [9.17, 15) is 4.79 Å². The Morgan fingerprint density at radius 2 is 2.36 bits per heavy atom. The summed E-state index contributed by atoms with van der Waals surface area (Å²) in [5.41, 5.74) is -0.280. The molecular weight excluding hydrogens is 154 g/mol. The molecule has 0 rings (SSSR count). The third kappa shape index (κ3) is 4.58. The summed E-state index contributed by atoms with van der Waals surface area (Å²) in [6, 6.07) is 0. The second-order valence-electron chi connectivity index (χ2n) is 2.98. The normalized spacial score (nSPS) is 17.8. The average molecular weight is 176 g/mol. The van der Waals surface area contributed by atoms with E-state index in [0.29, 0.717) is 6.16 Å². The van der Waals surface area contributed by atoms with Crippen LogP contribution in [0.2, 0.25) is 0 Å². The van der Waals surface area contributed by atoms with Crippen molar-refractivity contribution in [2.45, 2.75) is 33.1 Å². The van der Waals surface area contributed by atoms with Crippen LogP contribution in [0.25, 0.3) is 0 Å². The number of carbonyl (C=O) groups is 1. The molecule has 0 aromatic rings. The van der Waals surface area contributed by atoms with Crippen LogP contribution >= 0.6 is 7.09 Å². The Bertz CT molecular complexity index is 197. The molecule has 64 valence electrons. The summed E-state index contributed by atoms with van der Waals surface area (Å²) in [6.07, 6.45) is 3.24. The molecule has 2 radical (unpaired) electrons. The van der Waals surface area contributed by atoms with Crippen LogP contribution in [0.5, 0.6) is 0 Å². The molecule has 0 heterocycles. The first-order chi connectivity index (χ1) is 5.85. The molecule has 0 aromatic heterocycles. The summed E-state index contributed by atoms with van der Waals surface area (Å²) >= 11 is 0. The van der Waals surface area contributed by atoms with E-state index in [4.69, 9.17) is 10.2 Å². The fourth-order valence-electron chi connectivity index (χ4n) is 0.801. The molecule has 0 aliphatic carbocycles. The van der Waals surface area contributed by atoms with Crippen molar-refractivity contribution in [3.63, 3.8) is 0 Å². The van der Waals surface area contributed by atoms with E-state index in [1.165, 1.54) is 6.92 Å². The Labute approximate surface area is 74.3 Å². The van der Waals surface area contributed by atoms with Gasteiger partial charge < -0.3 is 0 Å². The zero-order valence-corrected chi connectivity index (χ0v) is 8.36. The summed E-state index contributed by atoms with van der Waals surface area (Å²) in [4.78, 5) is 11.2. The first-order valence-corrected chi connectivity index (χ1v) is 6.25. The summed E-state index contributed by atoms with van der Waals surface area (Å²) in [7, 11) is 2.26. The van der Waals surface area contributed by atoms with Gasteiger partial charge in [0.15, 0.2) is 0 Å². The van der Waals surface area contributed by atoms with Gasteiger partial charge in [-0.25, -0.2) is 0 Å². The van der Waals surface area contributed by atoms with Crippen LogP contribution in [0.4, 0.5) is 0 Å². The second kappa shape index (κ2) is 4.93. The van der Waals surface area contributed by atoms with E-state index in [-0.39, 0.29) is 12.2 Å². The van der Waals surface area contributed by atoms with Gasteiger partial charge in [-0.1, -0.05) is 0 Å². The quantitative estimate of drug-likeness (QED) is 0.356. The molecule has 0 unspecified atom stereocenters. The van der Waals surface area contributed by atoms with E-state index in [0.717, 1.165) is 19.3 Å². The van der Waals surface area contributed by atoms with Crippen LogP contribution < -0.4 is 0 Å². The third-order valence-electron chi connectivity index (χ3n) is 1.79. The van der Waals surface area contributed by atoms with Gasteiger partial charge in [-0.05, 0) is 0 Å². The van der Waals surface area contributed by atoms with E-state index < -0.39 is 7.09 Å². The Morgan fingerprint density at radius 3 is 2.73 bits per heavy atom. The first-order valence-electron chi connectivity index (χ1n) is 5.18. The van der Waals surface area contributed by atoms with Crippen molar-refractivity contribution < 1.29 is 6.17 Å². The van der Waals surface area contributed by atoms with Gasteiger partial charge in [-0.15, -0.1) is 0 Å². The minimum absolute atomic E-state index is 0.232. The first kappa shape index (κ1) is 7.80. The van der Waals surface area contributed by atoms with Crippen LogP contribution in [0, 0.1) is 0 Å². The van der Waals surface area contributed by atoms with Crippen molar-refractivity contribution in [1.29, 1.82) is 1.28 Å². The molecular formula is C8H18BOP. The van der Waals surface area contributed by atoms with E-state index in [1.807, 2.05) is 0 Å². The second-order valence-corrected chi connectivity index (χ2v) is 6.13. The summed E-state index contributed by atoms with van der Waals surface area (Å²) in [5.74, 6) is 0. The van der Waals surface area contributed by atoms with E-state index in [2.05, 4.69) is 6.92 Å². The fraction of sp³-hybridized carbons (Fsp3) is 0.875. The molecule has 0 bridgehead atoms. The maximum atomic E-state index is 11.2. The molecule has 0 aliphatic rings. The van der Waals surface area contributed by atoms with Gasteiger partial charge in [0.2, 0.25) is 0 Å². The van der Waals surface area contributed by atoms with Gasteiger partial charge >= 0.3 is 73.5 Å². The monoisotopic (exact) mass is 176 g/mol. The third-order valence-corrected chi connectivity index (χ3v) is 4.16. The summed E-state index contributed by atoms with van der Waals surface area (Å²) < 4.78 is 15.2. The van der Waals surface area contributed by atoms with Crippen LogP contribution in [0.1, 0.15) is 34.5 Å². The van der Waals surface area contributed by atoms with Gasteiger partial charge in [0, 0.05) is 0 Å². The van der Waals surface area contributed by atoms with Crippen LogP contribution in [-0.2, 0) is 4.79 Å². The Kier molecular flexibility index (Phi) is 3.49. The Morgan fingerprint density at radius 1 is 1.73 bits per heavy atom. The van der Waals surface area contributed by atoms with Gasteiger partial charge in [0.1, 0.15) is 0 Å². The van der Waals surface area contributed by atoms with Crippen molar-refractivity contribution in [3.05, 3.63) is 0 Å². The van der Waals surface area contributed by atoms with Crippen molar-refractivity contribution in [2.75, 3.05) is 12.8 Å². The maximum absolute atomic E-state index is 11.2. The predicted octanol–water partition coefficient (Wildman–Crippen LogP) is 2.19.